The van der Waals surface area contributed by atoms with E-state index in [2.05, 4.69) is 5.32 Å². The Labute approximate surface area is 106 Å². The van der Waals surface area contributed by atoms with Crippen LogP contribution in [-0.4, -0.2) is 24.2 Å². The molecule has 0 saturated heterocycles. The van der Waals surface area contributed by atoms with Crippen molar-refractivity contribution in [2.45, 2.75) is 26.4 Å². The largest absolute Gasteiger partial charge is 0.484 e. The van der Waals surface area contributed by atoms with Crippen molar-refractivity contribution in [3.63, 3.8) is 0 Å². The number of carbonyl (C=O) groups excluding carboxylic acids is 1. The van der Waals surface area contributed by atoms with Gasteiger partial charge in [0, 0.05) is 18.2 Å². The fraction of sp³-hybridized carbons (Fsp3) is 0.462. The van der Waals surface area contributed by atoms with Crippen molar-refractivity contribution in [1.82, 2.24) is 5.32 Å². The third kappa shape index (κ3) is 4.33. The van der Waals surface area contributed by atoms with Gasteiger partial charge in [-0.05, 0) is 25.5 Å². The number of aliphatic hydroxyl groups is 1. The van der Waals surface area contributed by atoms with Crippen molar-refractivity contribution < 1.29 is 19.0 Å². The number of nitrogens with one attached hydrogen (secondary N) is 1. The van der Waals surface area contributed by atoms with Crippen LogP contribution in [0.25, 0.3) is 0 Å². The van der Waals surface area contributed by atoms with Gasteiger partial charge in [0.25, 0.3) is 5.91 Å². The minimum Gasteiger partial charge on any atom is -0.484 e. The molecule has 4 nitrogen and oxygen atoms in total. The molecule has 0 spiro atoms. The van der Waals surface area contributed by atoms with Crippen LogP contribution >= 0.6 is 0 Å². The number of ether oxygens (including phenoxy) is 1. The molecule has 2 N–H and O–H groups in total. The van der Waals surface area contributed by atoms with Crippen molar-refractivity contribution in [2.75, 3.05) is 13.2 Å². The lowest BCUT2D eigenvalue weighted by Crippen LogP contribution is -2.29. The Kier molecular flexibility index (Phi) is 5.58. The topological polar surface area (TPSA) is 58.6 Å². The van der Waals surface area contributed by atoms with E-state index in [9.17, 15) is 14.3 Å². The van der Waals surface area contributed by atoms with Crippen LogP contribution < -0.4 is 10.1 Å². The zero-order valence-corrected chi connectivity index (χ0v) is 10.6. The smallest absolute Gasteiger partial charge is 0.257 e. The second-order valence-electron chi connectivity index (χ2n) is 4.00. The lowest BCUT2D eigenvalue weighted by molar-refractivity contribution is -0.123. The summed E-state index contributed by atoms with van der Waals surface area (Å²) in [5.41, 5.74) is 0.206. The zero-order chi connectivity index (χ0) is 13.5. The first-order valence-electron chi connectivity index (χ1n) is 5.91. The summed E-state index contributed by atoms with van der Waals surface area (Å²) < 4.78 is 18.6. The van der Waals surface area contributed by atoms with Gasteiger partial charge in [0.2, 0.25) is 0 Å². The quantitative estimate of drug-likeness (QED) is 0.814. The molecule has 1 aromatic carbocycles. The molecule has 0 unspecified atom stereocenters. The molecule has 1 aromatic rings. The monoisotopic (exact) mass is 255 g/mol. The minimum atomic E-state index is -0.869. The standard InChI is InChI=1S/C13H18FNO3/c1-3-6-15-13(17)8-18-10-4-5-11(9(2)16)12(14)7-10/h4-5,7,9,16H,3,6,8H2,1-2H3,(H,15,17)/t9-/m0/s1. The summed E-state index contributed by atoms with van der Waals surface area (Å²) in [5, 5.41) is 11.9. The van der Waals surface area contributed by atoms with Crippen molar-refractivity contribution in [1.29, 1.82) is 0 Å². The highest BCUT2D eigenvalue weighted by Gasteiger charge is 2.09. The van der Waals surface area contributed by atoms with Crippen molar-refractivity contribution in [3.05, 3.63) is 29.6 Å². The van der Waals surface area contributed by atoms with Gasteiger partial charge in [0.1, 0.15) is 11.6 Å². The Hall–Kier alpha value is -1.62. The predicted octanol–water partition coefficient (Wildman–Crippen LogP) is 1.78. The normalized spacial score (nSPS) is 12.0. The molecule has 0 aliphatic heterocycles. The highest BCUT2D eigenvalue weighted by molar-refractivity contribution is 5.77. The van der Waals surface area contributed by atoms with Crippen LogP contribution in [0.3, 0.4) is 0 Å². The Bertz CT molecular complexity index is 407. The molecule has 0 bridgehead atoms. The molecule has 100 valence electrons. The van der Waals surface area contributed by atoms with Crippen LogP contribution in [0.4, 0.5) is 4.39 Å². The van der Waals surface area contributed by atoms with Crippen molar-refractivity contribution in [2.24, 2.45) is 0 Å². The van der Waals surface area contributed by atoms with E-state index in [1.165, 1.54) is 19.1 Å². The lowest BCUT2D eigenvalue weighted by Gasteiger charge is -2.10. The maximum absolute atomic E-state index is 13.5. The summed E-state index contributed by atoms with van der Waals surface area (Å²) in [5.74, 6) is -0.517. The van der Waals surface area contributed by atoms with E-state index in [0.717, 1.165) is 12.5 Å². The minimum absolute atomic E-state index is 0.145. The van der Waals surface area contributed by atoms with Crippen molar-refractivity contribution >= 4 is 5.91 Å². The average molecular weight is 255 g/mol. The van der Waals surface area contributed by atoms with E-state index >= 15 is 0 Å². The Morgan fingerprint density at radius 3 is 2.83 bits per heavy atom. The van der Waals surface area contributed by atoms with Gasteiger partial charge in [0.15, 0.2) is 6.61 Å². The number of rotatable bonds is 6. The van der Waals surface area contributed by atoms with E-state index in [-0.39, 0.29) is 23.8 Å². The van der Waals surface area contributed by atoms with Gasteiger partial charge in [-0.15, -0.1) is 0 Å². The van der Waals surface area contributed by atoms with Gasteiger partial charge in [-0.2, -0.15) is 0 Å². The third-order valence-corrected chi connectivity index (χ3v) is 2.36. The highest BCUT2D eigenvalue weighted by Crippen LogP contribution is 2.21. The lowest BCUT2D eigenvalue weighted by atomic mass is 10.1. The van der Waals surface area contributed by atoms with Crippen molar-refractivity contribution in [3.8, 4) is 5.75 Å². The molecule has 0 heterocycles. The molecule has 1 atom stereocenters. The highest BCUT2D eigenvalue weighted by atomic mass is 19.1. The molecule has 0 aliphatic carbocycles. The molecule has 0 radical (unpaired) electrons. The summed E-state index contributed by atoms with van der Waals surface area (Å²) in [6.45, 7) is 3.88. The fourth-order valence-corrected chi connectivity index (χ4v) is 1.40. The zero-order valence-electron chi connectivity index (χ0n) is 10.6. The van der Waals surface area contributed by atoms with Gasteiger partial charge < -0.3 is 15.2 Å². The number of aliphatic hydroxyl groups excluding tert-OH is 1. The average Bonchev–Trinajstić information content (AvgIpc) is 2.33. The Balaban J connectivity index is 2.53. The molecule has 5 heteroatoms. The first-order valence-corrected chi connectivity index (χ1v) is 5.91. The molecule has 1 rings (SSSR count). The summed E-state index contributed by atoms with van der Waals surface area (Å²) in [6, 6.07) is 4.13. The number of carbonyl (C=O) groups is 1. The van der Waals surface area contributed by atoms with Gasteiger partial charge >= 0.3 is 0 Å². The second kappa shape index (κ2) is 6.96. The molecule has 1 amide bonds. The number of amides is 1. The van der Waals surface area contributed by atoms with Crippen LogP contribution in [0.5, 0.6) is 5.75 Å². The molecule has 0 saturated carbocycles. The molecule has 0 fully saturated rings. The molecular formula is C13H18FNO3. The molecular weight excluding hydrogens is 237 g/mol. The number of hydrogen-bond acceptors (Lipinski definition) is 3. The summed E-state index contributed by atoms with van der Waals surface area (Å²) >= 11 is 0. The van der Waals surface area contributed by atoms with E-state index < -0.39 is 11.9 Å². The molecule has 0 aliphatic rings. The Morgan fingerprint density at radius 1 is 1.56 bits per heavy atom. The van der Waals surface area contributed by atoms with Gasteiger partial charge in [-0.25, -0.2) is 4.39 Å². The van der Waals surface area contributed by atoms with Crippen LogP contribution in [0, 0.1) is 5.82 Å². The maximum Gasteiger partial charge on any atom is 0.257 e. The van der Waals surface area contributed by atoms with Gasteiger partial charge in [-0.1, -0.05) is 6.92 Å². The maximum atomic E-state index is 13.5. The molecule has 0 aromatic heterocycles. The van der Waals surface area contributed by atoms with Gasteiger partial charge in [0.05, 0.1) is 6.10 Å². The fourth-order valence-electron chi connectivity index (χ4n) is 1.40. The van der Waals surface area contributed by atoms with Crippen LogP contribution in [-0.2, 0) is 4.79 Å². The number of benzene rings is 1. The first-order chi connectivity index (χ1) is 8.54. The first kappa shape index (κ1) is 14.4. The van der Waals surface area contributed by atoms with Gasteiger partial charge in [-0.3, -0.25) is 4.79 Å². The summed E-state index contributed by atoms with van der Waals surface area (Å²) in [6.07, 6.45) is -0.0180. The van der Waals surface area contributed by atoms with E-state index in [1.54, 1.807) is 0 Å². The van der Waals surface area contributed by atoms with Crippen LogP contribution in [0.2, 0.25) is 0 Å². The number of hydrogen-bond donors (Lipinski definition) is 2. The molecule has 18 heavy (non-hydrogen) atoms. The summed E-state index contributed by atoms with van der Waals surface area (Å²) in [4.78, 5) is 11.3. The predicted molar refractivity (Wildman–Crippen MR) is 65.8 cm³/mol. The second-order valence-corrected chi connectivity index (χ2v) is 4.00. The Morgan fingerprint density at radius 2 is 2.28 bits per heavy atom. The number of halogens is 1. The third-order valence-electron chi connectivity index (χ3n) is 2.36. The van der Waals surface area contributed by atoms with E-state index in [1.807, 2.05) is 6.92 Å². The van der Waals surface area contributed by atoms with E-state index in [4.69, 9.17) is 4.74 Å². The van der Waals surface area contributed by atoms with E-state index in [0.29, 0.717) is 6.54 Å². The summed E-state index contributed by atoms with van der Waals surface area (Å²) in [7, 11) is 0. The van der Waals surface area contributed by atoms with Crippen LogP contribution in [0.15, 0.2) is 18.2 Å². The SMILES string of the molecule is CCCNC(=O)COc1ccc([C@H](C)O)c(F)c1. The van der Waals surface area contributed by atoms with Crippen LogP contribution in [0.1, 0.15) is 31.9 Å².